The molecule has 9 heteroatoms. The van der Waals surface area contributed by atoms with Crippen LogP contribution in [0.1, 0.15) is 36.8 Å². The van der Waals surface area contributed by atoms with Crippen molar-refractivity contribution in [1.29, 1.82) is 0 Å². The van der Waals surface area contributed by atoms with Gasteiger partial charge in [0.05, 0.1) is 32.1 Å². The van der Waals surface area contributed by atoms with Gasteiger partial charge < -0.3 is 19.3 Å². The van der Waals surface area contributed by atoms with Crippen LogP contribution in [0, 0.1) is 5.92 Å². The molecule has 0 spiro atoms. The maximum absolute atomic E-state index is 13.1. The van der Waals surface area contributed by atoms with Crippen molar-refractivity contribution in [2.24, 2.45) is 5.92 Å². The summed E-state index contributed by atoms with van der Waals surface area (Å²) in [6.45, 7) is 7.15. The lowest BCUT2D eigenvalue weighted by atomic mass is 9.84. The normalized spacial score (nSPS) is 22.6. The molecule has 0 saturated carbocycles. The minimum Gasteiger partial charge on any atom is -0.378 e. The summed E-state index contributed by atoms with van der Waals surface area (Å²) in [7, 11) is 0. The molecule has 2 atom stereocenters. The fourth-order valence-corrected chi connectivity index (χ4v) is 4.17. The maximum Gasteiger partial charge on any atom is 0.416 e. The molecule has 1 aromatic carbocycles. The van der Waals surface area contributed by atoms with Crippen molar-refractivity contribution in [1.82, 2.24) is 15.1 Å². The Kier molecular flexibility index (Phi) is 8.57. The molecule has 6 nitrogen and oxygen atoms in total. The van der Waals surface area contributed by atoms with Crippen LogP contribution in [0.4, 0.5) is 18.0 Å². The highest BCUT2D eigenvalue weighted by Crippen LogP contribution is 2.34. The largest absolute Gasteiger partial charge is 0.416 e. The SMILES string of the molecule is CCCNCOCC1CC(c2ccc(C(F)(F)F)cc2)CN(C(=O)N2CCOCC2)C1. The van der Waals surface area contributed by atoms with E-state index in [1.54, 1.807) is 4.90 Å². The first-order chi connectivity index (χ1) is 14.9. The number of morpholine rings is 1. The van der Waals surface area contributed by atoms with Gasteiger partial charge >= 0.3 is 12.2 Å². The fraction of sp³-hybridized carbons (Fsp3) is 0.682. The van der Waals surface area contributed by atoms with Gasteiger partial charge in [-0.15, -0.1) is 0 Å². The van der Waals surface area contributed by atoms with Crippen molar-refractivity contribution in [2.75, 3.05) is 59.3 Å². The second-order valence-corrected chi connectivity index (χ2v) is 8.22. The van der Waals surface area contributed by atoms with E-state index in [2.05, 4.69) is 12.2 Å². The van der Waals surface area contributed by atoms with E-state index in [0.29, 0.717) is 52.7 Å². The molecule has 1 N–H and O–H groups in total. The Morgan fingerprint density at radius 2 is 1.87 bits per heavy atom. The molecule has 2 aliphatic heterocycles. The van der Waals surface area contributed by atoms with Gasteiger partial charge in [-0.25, -0.2) is 4.79 Å². The van der Waals surface area contributed by atoms with Gasteiger partial charge in [0.25, 0.3) is 0 Å². The summed E-state index contributed by atoms with van der Waals surface area (Å²) >= 11 is 0. The van der Waals surface area contributed by atoms with Crippen LogP contribution in [0.2, 0.25) is 0 Å². The van der Waals surface area contributed by atoms with Gasteiger partial charge in [-0.05, 0) is 37.1 Å². The number of nitrogens with zero attached hydrogens (tertiary/aromatic N) is 2. The molecule has 174 valence electrons. The zero-order chi connectivity index (χ0) is 22.3. The molecular weight excluding hydrogens is 411 g/mol. The maximum atomic E-state index is 13.1. The quantitative estimate of drug-likeness (QED) is 0.518. The predicted molar refractivity (Wildman–Crippen MR) is 111 cm³/mol. The average Bonchev–Trinajstić information content (AvgIpc) is 2.78. The summed E-state index contributed by atoms with van der Waals surface area (Å²) in [5.41, 5.74) is 0.164. The van der Waals surface area contributed by atoms with Gasteiger partial charge in [-0.1, -0.05) is 19.1 Å². The lowest BCUT2D eigenvalue weighted by Gasteiger charge is -2.41. The molecule has 2 unspecified atom stereocenters. The lowest BCUT2D eigenvalue weighted by molar-refractivity contribution is -0.137. The summed E-state index contributed by atoms with van der Waals surface area (Å²) in [6.07, 6.45) is -2.57. The number of amides is 2. The Morgan fingerprint density at radius 3 is 2.52 bits per heavy atom. The summed E-state index contributed by atoms with van der Waals surface area (Å²) in [4.78, 5) is 16.7. The van der Waals surface area contributed by atoms with E-state index in [1.807, 2.05) is 4.90 Å². The minimum absolute atomic E-state index is 0.0294. The van der Waals surface area contributed by atoms with Gasteiger partial charge in [-0.2, -0.15) is 13.2 Å². The Hall–Kier alpha value is -1.84. The summed E-state index contributed by atoms with van der Waals surface area (Å²) in [5.74, 6) is 0.0904. The molecule has 1 aromatic rings. The molecule has 3 rings (SSSR count). The molecule has 2 fully saturated rings. The summed E-state index contributed by atoms with van der Waals surface area (Å²) < 4.78 is 49.9. The van der Waals surface area contributed by atoms with Gasteiger partial charge in [0.1, 0.15) is 0 Å². The summed E-state index contributed by atoms with van der Waals surface area (Å²) in [5, 5.41) is 3.19. The monoisotopic (exact) mass is 443 g/mol. The molecule has 31 heavy (non-hydrogen) atoms. The highest BCUT2D eigenvalue weighted by Gasteiger charge is 2.34. The zero-order valence-electron chi connectivity index (χ0n) is 18.0. The smallest absolute Gasteiger partial charge is 0.378 e. The van der Waals surface area contributed by atoms with Gasteiger partial charge in [0.2, 0.25) is 0 Å². The second-order valence-electron chi connectivity index (χ2n) is 8.22. The highest BCUT2D eigenvalue weighted by atomic mass is 19.4. The van der Waals surface area contributed by atoms with Crippen LogP contribution < -0.4 is 5.32 Å². The van der Waals surface area contributed by atoms with Crippen LogP contribution in [0.25, 0.3) is 0 Å². The van der Waals surface area contributed by atoms with Crippen LogP contribution >= 0.6 is 0 Å². The Bertz CT molecular complexity index is 693. The standard InChI is InChI=1S/C22H32F3N3O3/c1-2-7-26-16-31-15-17-12-19(18-3-5-20(6-4-18)22(23,24)25)14-28(13-17)21(29)27-8-10-30-11-9-27/h3-6,17,19,26H,2,7-16H2,1H3. The third kappa shape index (κ3) is 6.82. The zero-order valence-corrected chi connectivity index (χ0v) is 18.0. The molecule has 2 amide bonds. The van der Waals surface area contributed by atoms with Crippen LogP contribution in [0.5, 0.6) is 0 Å². The molecule has 2 heterocycles. The van der Waals surface area contributed by atoms with E-state index in [4.69, 9.17) is 9.47 Å². The molecule has 0 aliphatic carbocycles. The van der Waals surface area contributed by atoms with Crippen LogP contribution in [-0.4, -0.2) is 75.1 Å². The van der Waals surface area contributed by atoms with Crippen molar-refractivity contribution in [3.8, 4) is 0 Å². The van der Waals surface area contributed by atoms with Crippen molar-refractivity contribution in [3.63, 3.8) is 0 Å². The van der Waals surface area contributed by atoms with Crippen LogP contribution in [0.15, 0.2) is 24.3 Å². The predicted octanol–water partition coefficient (Wildman–Crippen LogP) is 3.54. The topological polar surface area (TPSA) is 54.0 Å². The first-order valence-electron chi connectivity index (χ1n) is 11.0. The number of ether oxygens (including phenoxy) is 2. The summed E-state index contributed by atoms with van der Waals surface area (Å²) in [6, 6.07) is 5.29. The van der Waals surface area contributed by atoms with Gasteiger partial charge in [0, 0.05) is 38.0 Å². The van der Waals surface area contributed by atoms with Gasteiger partial charge in [0.15, 0.2) is 0 Å². The fourth-order valence-electron chi connectivity index (χ4n) is 4.17. The minimum atomic E-state index is -4.36. The number of piperidine rings is 1. The Labute approximate surface area is 181 Å². The van der Waals surface area contributed by atoms with E-state index in [1.165, 1.54) is 12.1 Å². The molecular formula is C22H32F3N3O3. The number of alkyl halides is 3. The van der Waals surface area contributed by atoms with Crippen molar-refractivity contribution < 1.29 is 27.4 Å². The number of nitrogens with one attached hydrogen (secondary N) is 1. The van der Waals surface area contributed by atoms with Crippen LogP contribution in [0.3, 0.4) is 0 Å². The Morgan fingerprint density at radius 1 is 1.16 bits per heavy atom. The van der Waals surface area contributed by atoms with Gasteiger partial charge in [-0.3, -0.25) is 5.32 Å². The molecule has 0 aromatic heterocycles. The third-order valence-corrected chi connectivity index (χ3v) is 5.78. The first-order valence-corrected chi connectivity index (χ1v) is 11.0. The van der Waals surface area contributed by atoms with E-state index in [-0.39, 0.29) is 17.9 Å². The molecule has 2 aliphatic rings. The van der Waals surface area contributed by atoms with E-state index >= 15 is 0 Å². The Balaban J connectivity index is 1.68. The number of halogens is 3. The van der Waals surface area contributed by atoms with Crippen molar-refractivity contribution in [2.45, 2.75) is 31.9 Å². The number of urea groups is 1. The third-order valence-electron chi connectivity index (χ3n) is 5.78. The lowest BCUT2D eigenvalue weighted by Crippen LogP contribution is -2.52. The van der Waals surface area contributed by atoms with Crippen molar-refractivity contribution >= 4 is 6.03 Å². The molecule has 2 saturated heterocycles. The highest BCUT2D eigenvalue weighted by molar-refractivity contribution is 5.74. The van der Waals surface area contributed by atoms with E-state index < -0.39 is 11.7 Å². The van der Waals surface area contributed by atoms with E-state index in [9.17, 15) is 18.0 Å². The number of hydrogen-bond acceptors (Lipinski definition) is 4. The average molecular weight is 444 g/mol. The van der Waals surface area contributed by atoms with Crippen LogP contribution in [-0.2, 0) is 15.7 Å². The molecule has 0 radical (unpaired) electrons. The number of benzene rings is 1. The number of carbonyl (C=O) groups is 1. The number of hydrogen-bond donors (Lipinski definition) is 1. The van der Waals surface area contributed by atoms with Crippen molar-refractivity contribution in [3.05, 3.63) is 35.4 Å². The number of rotatable bonds is 7. The second kappa shape index (κ2) is 11.2. The number of carbonyl (C=O) groups excluding carboxylic acids is 1. The van der Waals surface area contributed by atoms with E-state index in [0.717, 1.165) is 37.1 Å². The first kappa shape index (κ1) is 23.8. The molecule has 0 bridgehead atoms. The number of likely N-dealkylation sites (tertiary alicyclic amines) is 1.